The summed E-state index contributed by atoms with van der Waals surface area (Å²) in [4.78, 5) is 34.4. The van der Waals surface area contributed by atoms with Crippen molar-refractivity contribution in [2.75, 3.05) is 0 Å². The van der Waals surface area contributed by atoms with E-state index in [1.165, 1.54) is 4.57 Å². The molecule has 0 bridgehead atoms. The van der Waals surface area contributed by atoms with Crippen LogP contribution in [0.3, 0.4) is 0 Å². The molecule has 0 radical (unpaired) electrons. The molecule has 27 heavy (non-hydrogen) atoms. The number of hydrogen-bond acceptors (Lipinski definition) is 6. The summed E-state index contributed by atoms with van der Waals surface area (Å²) in [6.07, 6.45) is 3.46. The van der Waals surface area contributed by atoms with Crippen LogP contribution >= 0.6 is 0 Å². The van der Waals surface area contributed by atoms with Gasteiger partial charge in [0, 0.05) is 6.92 Å². The molecular weight excluding hydrogens is 346 g/mol. The maximum Gasteiger partial charge on any atom is 0.261 e. The molecule has 1 aromatic carbocycles. The van der Waals surface area contributed by atoms with Crippen LogP contribution in [0.5, 0.6) is 0 Å². The topological polar surface area (TPSA) is 103 Å². The summed E-state index contributed by atoms with van der Waals surface area (Å²) >= 11 is 0. The second-order valence-corrected chi connectivity index (χ2v) is 7.04. The second-order valence-electron chi connectivity index (χ2n) is 7.04. The molecule has 1 aliphatic carbocycles. The Labute approximate surface area is 155 Å². The third kappa shape index (κ3) is 3.11. The van der Waals surface area contributed by atoms with Crippen LogP contribution in [0, 0.1) is 13.8 Å². The van der Waals surface area contributed by atoms with Gasteiger partial charge in [-0.15, -0.1) is 0 Å². The summed E-state index contributed by atoms with van der Waals surface area (Å²) in [7, 11) is 0. The van der Waals surface area contributed by atoms with Crippen LogP contribution in [-0.4, -0.2) is 25.6 Å². The number of hydrogen-bond donors (Lipinski definition) is 1. The zero-order valence-corrected chi connectivity index (χ0v) is 15.4. The molecule has 0 spiro atoms. The number of aryl methyl sites for hydroxylation is 2. The van der Waals surface area contributed by atoms with E-state index < -0.39 is 5.54 Å². The Morgan fingerprint density at radius 3 is 2.67 bits per heavy atom. The van der Waals surface area contributed by atoms with E-state index in [0.717, 1.165) is 25.7 Å². The fourth-order valence-corrected chi connectivity index (χ4v) is 3.79. The molecule has 0 aliphatic heterocycles. The average Bonchev–Trinajstić information content (AvgIpc) is 3.28. The van der Waals surface area contributed by atoms with Gasteiger partial charge in [0.1, 0.15) is 17.9 Å². The number of rotatable bonds is 4. The molecule has 0 atom stereocenters. The van der Waals surface area contributed by atoms with Gasteiger partial charge in [-0.3, -0.25) is 14.2 Å². The largest absolute Gasteiger partial charge is 0.342 e. The molecule has 1 N–H and O–H groups in total. The predicted molar refractivity (Wildman–Crippen MR) is 98.1 cm³/mol. The third-order valence-electron chi connectivity index (χ3n) is 5.15. The summed E-state index contributed by atoms with van der Waals surface area (Å²) in [5.74, 6) is 1.22. The number of aromatic nitrogens is 4. The van der Waals surface area contributed by atoms with Crippen molar-refractivity contribution in [1.82, 2.24) is 25.0 Å². The lowest BCUT2D eigenvalue weighted by Crippen LogP contribution is -2.47. The quantitative estimate of drug-likeness (QED) is 0.756. The second kappa shape index (κ2) is 6.61. The van der Waals surface area contributed by atoms with Gasteiger partial charge in [-0.25, -0.2) is 4.98 Å². The van der Waals surface area contributed by atoms with Crippen molar-refractivity contribution in [3.63, 3.8) is 0 Å². The molecule has 1 saturated carbocycles. The van der Waals surface area contributed by atoms with Crippen molar-refractivity contribution in [3.8, 4) is 0 Å². The van der Waals surface area contributed by atoms with Gasteiger partial charge < -0.3 is 9.84 Å². The number of nitrogens with one attached hydrogen (secondary N) is 1. The first-order valence-electron chi connectivity index (χ1n) is 9.06. The lowest BCUT2D eigenvalue weighted by atomic mass is 9.96. The Morgan fingerprint density at radius 1 is 1.22 bits per heavy atom. The molecule has 4 rings (SSSR count). The summed E-state index contributed by atoms with van der Waals surface area (Å²) in [6.45, 7) is 3.36. The standard InChI is InChI=1S/C19H21N5O3/c1-12-20-15-8-4-3-7-14(15)17(26)24(12)11-16(25)22-19(9-5-6-10-19)18-21-13(2)27-23-18/h3-4,7-8H,5-6,9-11H2,1-2H3,(H,22,25). The molecule has 2 aromatic heterocycles. The third-order valence-corrected chi connectivity index (χ3v) is 5.15. The number of benzene rings is 1. The Balaban J connectivity index is 1.63. The van der Waals surface area contributed by atoms with Crippen LogP contribution in [0.1, 0.15) is 43.2 Å². The smallest absolute Gasteiger partial charge is 0.261 e. The molecule has 0 unspecified atom stereocenters. The van der Waals surface area contributed by atoms with E-state index in [1.54, 1.807) is 32.0 Å². The monoisotopic (exact) mass is 367 g/mol. The maximum atomic E-state index is 12.8. The molecule has 2 heterocycles. The molecular formula is C19H21N5O3. The summed E-state index contributed by atoms with van der Waals surface area (Å²) < 4.78 is 6.52. The fraction of sp³-hybridized carbons (Fsp3) is 0.421. The highest BCUT2D eigenvalue weighted by atomic mass is 16.5. The number of carbonyl (C=O) groups excluding carboxylic acids is 1. The van der Waals surface area contributed by atoms with Gasteiger partial charge in [-0.1, -0.05) is 30.1 Å². The number of fused-ring (bicyclic) bond motifs is 1. The molecule has 3 aromatic rings. The van der Waals surface area contributed by atoms with Gasteiger partial charge in [-0.05, 0) is 31.9 Å². The van der Waals surface area contributed by atoms with Crippen molar-refractivity contribution in [3.05, 3.63) is 52.2 Å². The molecule has 1 aliphatic rings. The maximum absolute atomic E-state index is 12.8. The van der Waals surface area contributed by atoms with Crippen LogP contribution in [-0.2, 0) is 16.9 Å². The average molecular weight is 367 g/mol. The van der Waals surface area contributed by atoms with Gasteiger partial charge in [0.25, 0.3) is 5.56 Å². The van der Waals surface area contributed by atoms with E-state index in [1.807, 2.05) is 6.07 Å². The molecule has 0 saturated heterocycles. The Kier molecular flexibility index (Phi) is 4.25. The zero-order valence-electron chi connectivity index (χ0n) is 15.4. The minimum atomic E-state index is -0.628. The van der Waals surface area contributed by atoms with E-state index in [2.05, 4.69) is 20.4 Å². The van der Waals surface area contributed by atoms with Gasteiger partial charge in [0.05, 0.1) is 10.9 Å². The van der Waals surface area contributed by atoms with Gasteiger partial charge >= 0.3 is 0 Å². The predicted octanol–water partition coefficient (Wildman–Crippen LogP) is 1.98. The first-order chi connectivity index (χ1) is 13.0. The molecule has 1 fully saturated rings. The van der Waals surface area contributed by atoms with Gasteiger partial charge in [0.2, 0.25) is 11.8 Å². The molecule has 8 nitrogen and oxygen atoms in total. The highest BCUT2D eigenvalue weighted by molar-refractivity contribution is 5.79. The summed E-state index contributed by atoms with van der Waals surface area (Å²) in [5.41, 5.74) is -0.216. The van der Waals surface area contributed by atoms with Crippen LogP contribution in [0.25, 0.3) is 10.9 Å². The van der Waals surface area contributed by atoms with E-state index in [9.17, 15) is 9.59 Å². The first kappa shape index (κ1) is 17.4. The van der Waals surface area contributed by atoms with Gasteiger partial charge in [-0.2, -0.15) is 4.98 Å². The first-order valence-corrected chi connectivity index (χ1v) is 9.06. The Bertz CT molecular complexity index is 1060. The SMILES string of the molecule is Cc1nc(C2(NC(=O)Cn3c(C)nc4ccccc4c3=O)CCCC2)no1. The highest BCUT2D eigenvalue weighted by Gasteiger charge is 2.41. The lowest BCUT2D eigenvalue weighted by molar-refractivity contribution is -0.124. The fourth-order valence-electron chi connectivity index (χ4n) is 3.79. The molecule has 8 heteroatoms. The van der Waals surface area contributed by atoms with E-state index >= 15 is 0 Å². The van der Waals surface area contributed by atoms with E-state index in [4.69, 9.17) is 4.52 Å². The minimum absolute atomic E-state index is 0.0961. The van der Waals surface area contributed by atoms with Crippen LogP contribution in [0.4, 0.5) is 0 Å². The number of carbonyl (C=O) groups is 1. The normalized spacial score (nSPS) is 15.9. The number of amides is 1. The van der Waals surface area contributed by atoms with E-state index in [-0.39, 0.29) is 18.0 Å². The molecule has 140 valence electrons. The highest BCUT2D eigenvalue weighted by Crippen LogP contribution is 2.37. The number of para-hydroxylation sites is 1. The van der Waals surface area contributed by atoms with Crippen LogP contribution in [0.15, 0.2) is 33.6 Å². The van der Waals surface area contributed by atoms with Crippen molar-refractivity contribution < 1.29 is 9.32 Å². The minimum Gasteiger partial charge on any atom is -0.342 e. The zero-order chi connectivity index (χ0) is 19.0. The van der Waals surface area contributed by atoms with Crippen molar-refractivity contribution in [2.24, 2.45) is 0 Å². The molecule has 1 amide bonds. The van der Waals surface area contributed by atoms with Crippen molar-refractivity contribution >= 4 is 16.8 Å². The van der Waals surface area contributed by atoms with E-state index in [0.29, 0.717) is 28.4 Å². The summed E-state index contributed by atoms with van der Waals surface area (Å²) in [6, 6.07) is 7.14. The Hall–Kier alpha value is -3.03. The van der Waals surface area contributed by atoms with Gasteiger partial charge in [0.15, 0.2) is 5.82 Å². The lowest BCUT2D eigenvalue weighted by Gasteiger charge is -2.27. The summed E-state index contributed by atoms with van der Waals surface area (Å²) in [5, 5.41) is 7.59. The van der Waals surface area contributed by atoms with Crippen molar-refractivity contribution in [2.45, 2.75) is 51.6 Å². The Morgan fingerprint density at radius 2 is 1.96 bits per heavy atom. The van der Waals surface area contributed by atoms with Crippen LogP contribution in [0.2, 0.25) is 0 Å². The van der Waals surface area contributed by atoms with Crippen LogP contribution < -0.4 is 10.9 Å². The number of nitrogens with zero attached hydrogens (tertiary/aromatic N) is 4. The van der Waals surface area contributed by atoms with Crippen molar-refractivity contribution in [1.29, 1.82) is 0 Å².